The first-order chi connectivity index (χ1) is 11.4. The molecule has 0 aliphatic carbocycles. The van der Waals surface area contributed by atoms with Crippen LogP contribution in [-0.2, 0) is 21.2 Å². The van der Waals surface area contributed by atoms with Gasteiger partial charge in [-0.3, -0.25) is 9.52 Å². The maximum atomic E-state index is 12.7. The number of rotatable bonds is 6. The lowest BCUT2D eigenvalue weighted by molar-refractivity contribution is -0.114. The summed E-state index contributed by atoms with van der Waals surface area (Å²) in [7, 11) is -2.47. The molecule has 0 aliphatic heterocycles. The third kappa shape index (κ3) is 4.26. The van der Waals surface area contributed by atoms with E-state index in [2.05, 4.69) is 10.0 Å². The second-order valence-corrected chi connectivity index (χ2v) is 6.85. The quantitative estimate of drug-likeness (QED) is 0.840. The van der Waals surface area contributed by atoms with Gasteiger partial charge in [-0.05, 0) is 42.3 Å². The number of amides is 1. The number of hydrogen-bond donors (Lipinski definition) is 2. The van der Waals surface area contributed by atoms with Crippen molar-refractivity contribution < 1.29 is 17.9 Å². The second-order valence-electron chi connectivity index (χ2n) is 5.20. The fourth-order valence-electron chi connectivity index (χ4n) is 2.19. The highest BCUT2D eigenvalue weighted by Gasteiger charge is 2.20. The molecule has 2 rings (SSSR count). The summed E-state index contributed by atoms with van der Waals surface area (Å²) in [5.41, 5.74) is 1.95. The van der Waals surface area contributed by atoms with Gasteiger partial charge in [-0.2, -0.15) is 0 Å². The Morgan fingerprint density at radius 3 is 2.25 bits per heavy atom. The predicted molar refractivity (Wildman–Crippen MR) is 93.9 cm³/mol. The van der Waals surface area contributed by atoms with Crippen LogP contribution < -0.4 is 14.8 Å². The Hall–Kier alpha value is -2.54. The number of hydrogen-bond acceptors (Lipinski definition) is 4. The average Bonchev–Trinajstić information content (AvgIpc) is 2.54. The van der Waals surface area contributed by atoms with Crippen LogP contribution in [0.4, 0.5) is 11.4 Å². The van der Waals surface area contributed by atoms with Crippen LogP contribution >= 0.6 is 0 Å². The molecule has 0 bridgehead atoms. The third-order valence-corrected chi connectivity index (χ3v) is 4.79. The van der Waals surface area contributed by atoms with Gasteiger partial charge >= 0.3 is 0 Å². The lowest BCUT2D eigenvalue weighted by atomic mass is 10.2. The molecular weight excluding hydrogens is 328 g/mol. The summed E-state index contributed by atoms with van der Waals surface area (Å²) in [5, 5.41) is 2.56. The van der Waals surface area contributed by atoms with Crippen LogP contribution in [0.25, 0.3) is 0 Å². The molecule has 0 aromatic heterocycles. The van der Waals surface area contributed by atoms with Gasteiger partial charge in [0.2, 0.25) is 5.91 Å². The normalized spacial score (nSPS) is 11.0. The molecule has 1 amide bonds. The maximum Gasteiger partial charge on any atom is 0.265 e. The number of methoxy groups -OCH3 is 1. The molecule has 0 aliphatic rings. The standard InChI is InChI=1S/C17H20N2O4S/c1-4-13-5-7-14(8-6-13)19-24(21,22)17-11-15(18-12(2)20)9-10-16(17)23-3/h5-11,19H,4H2,1-3H3,(H,18,20). The van der Waals surface area contributed by atoms with Crippen molar-refractivity contribution in [2.45, 2.75) is 25.2 Å². The minimum Gasteiger partial charge on any atom is -0.495 e. The number of carbonyl (C=O) groups excluding carboxylic acids is 1. The van der Waals surface area contributed by atoms with Crippen molar-refractivity contribution in [3.63, 3.8) is 0 Å². The minimum atomic E-state index is -3.86. The second kappa shape index (κ2) is 7.35. The Morgan fingerprint density at radius 1 is 1.08 bits per heavy atom. The van der Waals surface area contributed by atoms with E-state index in [1.165, 1.54) is 26.2 Å². The molecule has 2 aromatic rings. The van der Waals surface area contributed by atoms with E-state index in [1.807, 2.05) is 19.1 Å². The first-order valence-corrected chi connectivity index (χ1v) is 8.91. The maximum absolute atomic E-state index is 12.7. The molecule has 0 saturated heterocycles. The summed E-state index contributed by atoms with van der Waals surface area (Å²) in [6.07, 6.45) is 0.875. The van der Waals surface area contributed by atoms with Crippen molar-refractivity contribution in [3.05, 3.63) is 48.0 Å². The van der Waals surface area contributed by atoms with Crippen LogP contribution in [0, 0.1) is 0 Å². The number of benzene rings is 2. The third-order valence-electron chi connectivity index (χ3n) is 3.39. The van der Waals surface area contributed by atoms with E-state index in [0.29, 0.717) is 11.4 Å². The van der Waals surface area contributed by atoms with Gasteiger partial charge in [-0.1, -0.05) is 19.1 Å². The summed E-state index contributed by atoms with van der Waals surface area (Å²) in [5.74, 6) is -0.0894. The van der Waals surface area contributed by atoms with Crippen molar-refractivity contribution in [1.82, 2.24) is 0 Å². The van der Waals surface area contributed by atoms with Crippen LogP contribution in [0.15, 0.2) is 47.4 Å². The summed E-state index contributed by atoms with van der Waals surface area (Å²) in [4.78, 5) is 11.1. The highest BCUT2D eigenvalue weighted by molar-refractivity contribution is 7.92. The predicted octanol–water partition coefficient (Wildman–Crippen LogP) is 3.02. The number of ether oxygens (including phenoxy) is 1. The van der Waals surface area contributed by atoms with Crippen LogP contribution in [0.5, 0.6) is 5.75 Å². The molecule has 2 aromatic carbocycles. The summed E-state index contributed by atoms with van der Waals surface area (Å²) in [6, 6.07) is 11.6. The minimum absolute atomic E-state index is 0.0455. The zero-order valence-corrected chi connectivity index (χ0v) is 14.6. The van der Waals surface area contributed by atoms with Gasteiger partial charge < -0.3 is 10.1 Å². The van der Waals surface area contributed by atoms with Gasteiger partial charge in [0.25, 0.3) is 10.0 Å². The molecule has 0 unspecified atom stereocenters. The monoisotopic (exact) mass is 348 g/mol. The largest absolute Gasteiger partial charge is 0.495 e. The van der Waals surface area contributed by atoms with Gasteiger partial charge in [0.1, 0.15) is 10.6 Å². The van der Waals surface area contributed by atoms with Crippen molar-refractivity contribution >= 4 is 27.3 Å². The van der Waals surface area contributed by atoms with E-state index < -0.39 is 10.0 Å². The van der Waals surface area contributed by atoms with E-state index >= 15 is 0 Å². The highest BCUT2D eigenvalue weighted by Crippen LogP contribution is 2.29. The molecule has 2 N–H and O–H groups in total. The average molecular weight is 348 g/mol. The van der Waals surface area contributed by atoms with Gasteiger partial charge in [0.15, 0.2) is 0 Å². The van der Waals surface area contributed by atoms with E-state index in [0.717, 1.165) is 12.0 Å². The lowest BCUT2D eigenvalue weighted by Crippen LogP contribution is -2.15. The Morgan fingerprint density at radius 2 is 1.71 bits per heavy atom. The van der Waals surface area contributed by atoms with E-state index in [4.69, 9.17) is 4.74 Å². The van der Waals surface area contributed by atoms with E-state index in [1.54, 1.807) is 18.2 Å². The number of aryl methyl sites for hydroxylation is 1. The number of nitrogens with one attached hydrogen (secondary N) is 2. The Balaban J connectivity index is 2.37. The SMILES string of the molecule is CCc1ccc(NS(=O)(=O)c2cc(NC(C)=O)ccc2OC)cc1. The van der Waals surface area contributed by atoms with Crippen LogP contribution in [0.3, 0.4) is 0 Å². The van der Waals surface area contributed by atoms with Crippen molar-refractivity contribution in [2.24, 2.45) is 0 Å². The molecule has 0 atom stereocenters. The molecule has 24 heavy (non-hydrogen) atoms. The molecule has 128 valence electrons. The molecule has 0 fully saturated rings. The number of carbonyl (C=O) groups is 1. The summed E-state index contributed by atoms with van der Waals surface area (Å²) in [6.45, 7) is 3.38. The number of sulfonamides is 1. The topological polar surface area (TPSA) is 84.5 Å². The van der Waals surface area contributed by atoms with Gasteiger partial charge in [0.05, 0.1) is 7.11 Å². The van der Waals surface area contributed by atoms with Crippen LogP contribution in [0.1, 0.15) is 19.4 Å². The van der Waals surface area contributed by atoms with E-state index in [-0.39, 0.29) is 16.6 Å². The van der Waals surface area contributed by atoms with Crippen molar-refractivity contribution in [1.29, 1.82) is 0 Å². The summed E-state index contributed by atoms with van der Waals surface area (Å²) < 4.78 is 33.0. The zero-order valence-electron chi connectivity index (χ0n) is 13.8. The lowest BCUT2D eigenvalue weighted by Gasteiger charge is -2.13. The smallest absolute Gasteiger partial charge is 0.265 e. The van der Waals surface area contributed by atoms with E-state index in [9.17, 15) is 13.2 Å². The Kier molecular flexibility index (Phi) is 5.46. The fourth-order valence-corrected chi connectivity index (χ4v) is 3.44. The fraction of sp³-hybridized carbons (Fsp3) is 0.235. The molecule has 0 spiro atoms. The van der Waals surface area contributed by atoms with Gasteiger partial charge in [-0.25, -0.2) is 8.42 Å². The molecule has 7 heteroatoms. The van der Waals surface area contributed by atoms with Crippen LogP contribution in [0.2, 0.25) is 0 Å². The van der Waals surface area contributed by atoms with Crippen molar-refractivity contribution in [3.8, 4) is 5.75 Å². The van der Waals surface area contributed by atoms with Gasteiger partial charge in [-0.15, -0.1) is 0 Å². The first kappa shape index (κ1) is 17.8. The van der Waals surface area contributed by atoms with Gasteiger partial charge in [0, 0.05) is 18.3 Å². The molecule has 0 heterocycles. The molecule has 6 nitrogen and oxygen atoms in total. The molecular formula is C17H20N2O4S. The van der Waals surface area contributed by atoms with Crippen LogP contribution in [-0.4, -0.2) is 21.4 Å². The van der Waals surface area contributed by atoms with Crippen molar-refractivity contribution in [2.75, 3.05) is 17.1 Å². The molecule has 0 radical (unpaired) electrons. The summed E-state index contributed by atoms with van der Waals surface area (Å²) >= 11 is 0. The Labute approximate surface area is 141 Å². The zero-order chi connectivity index (χ0) is 17.7. The Bertz CT molecular complexity index is 830. The highest BCUT2D eigenvalue weighted by atomic mass is 32.2. The first-order valence-electron chi connectivity index (χ1n) is 7.43. The number of anilines is 2. The molecule has 0 saturated carbocycles.